The number of piperazine rings is 1. The zero-order valence-electron chi connectivity index (χ0n) is 15.2. The molecule has 0 aliphatic carbocycles. The number of anilines is 2. The third-order valence-electron chi connectivity index (χ3n) is 4.46. The lowest BCUT2D eigenvalue weighted by atomic mass is 10.2. The molecule has 3 rings (SSSR count). The molecule has 2 aromatic carbocycles. The number of aryl methyl sites for hydroxylation is 1. The van der Waals surface area contributed by atoms with Crippen LogP contribution in [0.2, 0.25) is 0 Å². The van der Waals surface area contributed by atoms with Gasteiger partial charge in [0.15, 0.2) is 5.11 Å². The molecule has 0 bridgehead atoms. The fraction of sp³-hybridized carbons (Fsp3) is 0.300. The van der Waals surface area contributed by atoms with Gasteiger partial charge in [0.25, 0.3) is 0 Å². The Labute approximate surface area is 164 Å². The van der Waals surface area contributed by atoms with Crippen LogP contribution in [0.25, 0.3) is 0 Å². The molecule has 1 fully saturated rings. The quantitative estimate of drug-likeness (QED) is 0.791. The number of hydrogen-bond acceptors (Lipinski definition) is 3. The lowest BCUT2D eigenvalue weighted by molar-refractivity contribution is -0.117. The van der Waals surface area contributed by atoms with Gasteiger partial charge in [0.05, 0.1) is 6.54 Å². The average Bonchev–Trinajstić information content (AvgIpc) is 2.66. The molecular formula is C20H23FN4OS. The Balaban J connectivity index is 1.42. The minimum absolute atomic E-state index is 0.101. The number of benzene rings is 2. The standard InChI is InChI=1S/C20H23FN4OS/c1-15-2-6-18(7-3-15)23-20(27)25-12-10-24(11-13-25)14-19(26)22-17-8-4-16(21)5-9-17/h2-9H,10-14H2,1H3,(H,22,26)(H,23,27). The number of nitrogens with zero attached hydrogens (tertiary/aromatic N) is 2. The van der Waals surface area contributed by atoms with E-state index < -0.39 is 0 Å². The summed E-state index contributed by atoms with van der Waals surface area (Å²) in [4.78, 5) is 16.4. The molecule has 2 N–H and O–H groups in total. The largest absolute Gasteiger partial charge is 0.346 e. The van der Waals surface area contributed by atoms with E-state index in [1.807, 2.05) is 31.2 Å². The molecule has 1 amide bonds. The van der Waals surface area contributed by atoms with Gasteiger partial charge < -0.3 is 15.5 Å². The third kappa shape index (κ3) is 5.74. The van der Waals surface area contributed by atoms with Crippen LogP contribution in [-0.2, 0) is 4.79 Å². The Morgan fingerprint density at radius 3 is 2.15 bits per heavy atom. The van der Waals surface area contributed by atoms with E-state index in [2.05, 4.69) is 20.4 Å². The topological polar surface area (TPSA) is 47.6 Å². The molecule has 1 heterocycles. The number of carbonyl (C=O) groups excluding carboxylic acids is 1. The normalized spacial score (nSPS) is 14.7. The Morgan fingerprint density at radius 1 is 0.963 bits per heavy atom. The number of hydrogen-bond donors (Lipinski definition) is 2. The number of halogens is 1. The molecule has 27 heavy (non-hydrogen) atoms. The summed E-state index contributed by atoms with van der Waals surface area (Å²) in [5, 5.41) is 6.75. The van der Waals surface area contributed by atoms with Crippen LogP contribution in [0.4, 0.5) is 15.8 Å². The van der Waals surface area contributed by atoms with Crippen LogP contribution in [0.1, 0.15) is 5.56 Å². The molecule has 0 aromatic heterocycles. The van der Waals surface area contributed by atoms with Gasteiger partial charge in [-0.05, 0) is 55.5 Å². The highest BCUT2D eigenvalue weighted by atomic mass is 32.1. The van der Waals surface area contributed by atoms with Gasteiger partial charge in [-0.3, -0.25) is 9.69 Å². The molecule has 1 aliphatic heterocycles. The molecule has 1 aliphatic rings. The Kier molecular flexibility index (Phi) is 6.36. The van der Waals surface area contributed by atoms with Gasteiger partial charge in [-0.1, -0.05) is 17.7 Å². The van der Waals surface area contributed by atoms with Crippen LogP contribution in [0, 0.1) is 12.7 Å². The van der Waals surface area contributed by atoms with Crippen LogP contribution in [0.3, 0.4) is 0 Å². The summed E-state index contributed by atoms with van der Waals surface area (Å²) >= 11 is 5.50. The molecule has 2 aromatic rings. The van der Waals surface area contributed by atoms with Crippen molar-refractivity contribution in [3.05, 3.63) is 59.9 Å². The lowest BCUT2D eigenvalue weighted by Crippen LogP contribution is -2.51. The molecule has 1 saturated heterocycles. The molecule has 0 radical (unpaired) electrons. The van der Waals surface area contributed by atoms with Crippen molar-refractivity contribution in [2.45, 2.75) is 6.92 Å². The van der Waals surface area contributed by atoms with Gasteiger partial charge in [0, 0.05) is 37.6 Å². The summed E-state index contributed by atoms with van der Waals surface area (Å²) in [5.74, 6) is -0.422. The summed E-state index contributed by atoms with van der Waals surface area (Å²) in [6, 6.07) is 13.9. The van der Waals surface area contributed by atoms with E-state index >= 15 is 0 Å². The molecule has 7 heteroatoms. The summed E-state index contributed by atoms with van der Waals surface area (Å²) in [5.41, 5.74) is 2.79. The highest BCUT2D eigenvalue weighted by Gasteiger charge is 2.20. The zero-order valence-corrected chi connectivity index (χ0v) is 16.1. The monoisotopic (exact) mass is 386 g/mol. The second kappa shape index (κ2) is 8.92. The van der Waals surface area contributed by atoms with Crippen molar-refractivity contribution in [1.29, 1.82) is 0 Å². The lowest BCUT2D eigenvalue weighted by Gasteiger charge is -2.35. The smallest absolute Gasteiger partial charge is 0.238 e. The Bertz CT molecular complexity index is 787. The summed E-state index contributed by atoms with van der Waals surface area (Å²) < 4.78 is 12.9. The van der Waals surface area contributed by atoms with Gasteiger partial charge in [-0.15, -0.1) is 0 Å². The molecule has 0 atom stereocenters. The van der Waals surface area contributed by atoms with E-state index in [0.717, 1.165) is 31.9 Å². The number of rotatable bonds is 4. The fourth-order valence-corrected chi connectivity index (χ4v) is 3.19. The first-order valence-corrected chi connectivity index (χ1v) is 9.31. The van der Waals surface area contributed by atoms with Crippen LogP contribution >= 0.6 is 12.2 Å². The molecule has 0 unspecified atom stereocenters. The summed E-state index contributed by atoms with van der Waals surface area (Å²) in [6.07, 6.45) is 0. The molecule has 5 nitrogen and oxygen atoms in total. The minimum atomic E-state index is -0.320. The predicted octanol–water partition coefficient (Wildman–Crippen LogP) is 3.09. The Morgan fingerprint density at radius 2 is 1.52 bits per heavy atom. The highest BCUT2D eigenvalue weighted by molar-refractivity contribution is 7.80. The fourth-order valence-electron chi connectivity index (χ4n) is 2.89. The molecule has 0 saturated carbocycles. The van der Waals surface area contributed by atoms with Gasteiger partial charge in [0.2, 0.25) is 5.91 Å². The van der Waals surface area contributed by atoms with Crippen LogP contribution in [0.15, 0.2) is 48.5 Å². The van der Waals surface area contributed by atoms with Gasteiger partial charge in [-0.2, -0.15) is 0 Å². The van der Waals surface area contributed by atoms with Crippen LogP contribution in [-0.4, -0.2) is 53.5 Å². The van der Waals surface area contributed by atoms with Gasteiger partial charge in [-0.25, -0.2) is 4.39 Å². The number of nitrogens with one attached hydrogen (secondary N) is 2. The van der Waals surface area contributed by atoms with E-state index in [4.69, 9.17) is 12.2 Å². The second-order valence-electron chi connectivity index (χ2n) is 6.61. The number of thiocarbonyl (C=S) groups is 1. The first-order valence-electron chi connectivity index (χ1n) is 8.90. The summed E-state index contributed by atoms with van der Waals surface area (Å²) in [7, 11) is 0. The minimum Gasteiger partial charge on any atom is -0.346 e. The SMILES string of the molecule is Cc1ccc(NC(=S)N2CCN(CC(=O)Nc3ccc(F)cc3)CC2)cc1. The van der Waals surface area contributed by atoms with Crippen LogP contribution < -0.4 is 10.6 Å². The van der Waals surface area contributed by atoms with E-state index in [0.29, 0.717) is 17.3 Å². The van der Waals surface area contributed by atoms with Crippen molar-refractivity contribution in [2.24, 2.45) is 0 Å². The summed E-state index contributed by atoms with van der Waals surface area (Å²) in [6.45, 7) is 5.40. The van der Waals surface area contributed by atoms with E-state index in [9.17, 15) is 9.18 Å². The van der Waals surface area contributed by atoms with Gasteiger partial charge >= 0.3 is 0 Å². The third-order valence-corrected chi connectivity index (χ3v) is 4.82. The van der Waals surface area contributed by atoms with Crippen molar-refractivity contribution < 1.29 is 9.18 Å². The first-order chi connectivity index (χ1) is 13.0. The maximum Gasteiger partial charge on any atom is 0.238 e. The van der Waals surface area contributed by atoms with Crippen molar-refractivity contribution in [1.82, 2.24) is 9.80 Å². The molecule has 0 spiro atoms. The average molecular weight is 386 g/mol. The number of carbonyl (C=O) groups is 1. The Hall–Kier alpha value is -2.51. The van der Waals surface area contributed by atoms with Crippen molar-refractivity contribution in [2.75, 3.05) is 43.4 Å². The van der Waals surface area contributed by atoms with E-state index in [-0.39, 0.29) is 11.7 Å². The second-order valence-corrected chi connectivity index (χ2v) is 7.00. The van der Waals surface area contributed by atoms with E-state index in [1.165, 1.54) is 17.7 Å². The highest BCUT2D eigenvalue weighted by Crippen LogP contribution is 2.12. The molecule has 142 valence electrons. The van der Waals surface area contributed by atoms with Crippen molar-refractivity contribution >= 4 is 34.6 Å². The van der Waals surface area contributed by atoms with Crippen molar-refractivity contribution in [3.63, 3.8) is 0 Å². The van der Waals surface area contributed by atoms with Crippen molar-refractivity contribution in [3.8, 4) is 0 Å². The van der Waals surface area contributed by atoms with Gasteiger partial charge in [0.1, 0.15) is 5.82 Å². The zero-order chi connectivity index (χ0) is 19.2. The van der Waals surface area contributed by atoms with E-state index in [1.54, 1.807) is 12.1 Å². The van der Waals surface area contributed by atoms with Crippen LogP contribution in [0.5, 0.6) is 0 Å². The number of amides is 1. The molecular weight excluding hydrogens is 363 g/mol. The first kappa shape index (κ1) is 19.3. The predicted molar refractivity (Wildman–Crippen MR) is 110 cm³/mol. The maximum atomic E-state index is 12.9. The maximum absolute atomic E-state index is 12.9.